The zero-order chi connectivity index (χ0) is 14.8. The van der Waals surface area contributed by atoms with Gasteiger partial charge in [-0.05, 0) is 17.8 Å². The summed E-state index contributed by atoms with van der Waals surface area (Å²) in [6, 6.07) is 0. The van der Waals surface area contributed by atoms with Crippen LogP contribution in [-0.2, 0) is 4.79 Å². The molecule has 1 aliphatic carbocycles. The third kappa shape index (κ3) is 4.44. The summed E-state index contributed by atoms with van der Waals surface area (Å²) in [7, 11) is 0. The Labute approximate surface area is 113 Å². The van der Waals surface area contributed by atoms with Crippen LogP contribution in [0, 0.1) is 11.3 Å². The average Bonchev–Trinajstić information content (AvgIpc) is 2.10. The third-order valence-electron chi connectivity index (χ3n) is 3.01. The topological polar surface area (TPSA) is 90.1 Å². The summed E-state index contributed by atoms with van der Waals surface area (Å²) >= 11 is 0. The van der Waals surface area contributed by atoms with Crippen LogP contribution in [0.4, 0.5) is 0 Å². The molecule has 0 heterocycles. The number of ketones is 1. The van der Waals surface area contributed by atoms with Crippen LogP contribution in [0.3, 0.4) is 0 Å². The minimum absolute atomic E-state index is 0.00120. The summed E-state index contributed by atoms with van der Waals surface area (Å²) < 4.78 is 0. The fraction of sp³-hybridized carbons (Fsp3) is 0.714. The lowest BCUT2D eigenvalue weighted by atomic mass is 9.75. The minimum atomic E-state index is -1.86. The van der Waals surface area contributed by atoms with Gasteiger partial charge in [-0.2, -0.15) is 0 Å². The van der Waals surface area contributed by atoms with E-state index in [2.05, 4.69) is 4.99 Å². The quantitative estimate of drug-likeness (QED) is 0.537. The zero-order valence-corrected chi connectivity index (χ0v) is 12.0. The first kappa shape index (κ1) is 15.9. The molecule has 0 radical (unpaired) electrons. The molecule has 1 rings (SSSR count). The number of aliphatic hydroxyl groups is 3. The Balaban J connectivity index is 3.18. The van der Waals surface area contributed by atoms with Crippen molar-refractivity contribution in [3.05, 3.63) is 11.3 Å². The van der Waals surface area contributed by atoms with E-state index in [9.17, 15) is 9.90 Å². The molecule has 0 aliphatic heterocycles. The van der Waals surface area contributed by atoms with E-state index < -0.39 is 6.41 Å². The second-order valence-electron chi connectivity index (χ2n) is 6.28. The van der Waals surface area contributed by atoms with Crippen molar-refractivity contribution in [3.8, 4) is 0 Å². The van der Waals surface area contributed by atoms with Gasteiger partial charge in [0, 0.05) is 12.8 Å². The number of hydrogen-bond donors (Lipinski definition) is 3. The SMILES string of the molecule is CC(C)CC(=NC(O)O)C1=C(O)CC(C)(C)CC1=O. The Hall–Kier alpha value is -1.20. The lowest BCUT2D eigenvalue weighted by Gasteiger charge is -2.30. The maximum Gasteiger partial charge on any atom is 0.253 e. The second-order valence-corrected chi connectivity index (χ2v) is 6.28. The molecule has 3 N–H and O–H groups in total. The monoisotopic (exact) mass is 269 g/mol. The van der Waals surface area contributed by atoms with Gasteiger partial charge in [-0.15, -0.1) is 0 Å². The summed E-state index contributed by atoms with van der Waals surface area (Å²) in [5.41, 5.74) is 0.176. The largest absolute Gasteiger partial charge is 0.511 e. The molecule has 0 saturated heterocycles. The molecule has 0 spiro atoms. The zero-order valence-electron chi connectivity index (χ0n) is 12.0. The first-order valence-electron chi connectivity index (χ1n) is 6.51. The van der Waals surface area contributed by atoms with Crippen LogP contribution < -0.4 is 0 Å². The van der Waals surface area contributed by atoms with Crippen LogP contribution in [0.25, 0.3) is 0 Å². The summed E-state index contributed by atoms with van der Waals surface area (Å²) in [6.07, 6.45) is -0.724. The lowest BCUT2D eigenvalue weighted by Crippen LogP contribution is -2.30. The summed E-state index contributed by atoms with van der Waals surface area (Å²) in [5, 5.41) is 28.1. The van der Waals surface area contributed by atoms with Crippen molar-refractivity contribution in [1.29, 1.82) is 0 Å². The van der Waals surface area contributed by atoms with E-state index in [1.54, 1.807) is 0 Å². The van der Waals surface area contributed by atoms with E-state index in [1.165, 1.54) is 0 Å². The molecule has 0 aromatic heterocycles. The van der Waals surface area contributed by atoms with Gasteiger partial charge in [-0.25, -0.2) is 4.99 Å². The van der Waals surface area contributed by atoms with Crippen molar-refractivity contribution in [3.63, 3.8) is 0 Å². The van der Waals surface area contributed by atoms with Crippen molar-refractivity contribution in [1.82, 2.24) is 0 Å². The average molecular weight is 269 g/mol. The number of allylic oxidation sites excluding steroid dienone is 2. The van der Waals surface area contributed by atoms with Gasteiger partial charge in [0.15, 0.2) is 5.78 Å². The van der Waals surface area contributed by atoms with Gasteiger partial charge >= 0.3 is 0 Å². The molecule has 0 fully saturated rings. The summed E-state index contributed by atoms with van der Waals surface area (Å²) in [4.78, 5) is 15.8. The highest BCUT2D eigenvalue weighted by Crippen LogP contribution is 2.36. The predicted octanol–water partition coefficient (Wildman–Crippen LogP) is 1.94. The highest BCUT2D eigenvalue weighted by atomic mass is 16.5. The molecule has 0 saturated carbocycles. The van der Waals surface area contributed by atoms with Crippen LogP contribution in [0.2, 0.25) is 0 Å². The number of rotatable bonds is 4. The van der Waals surface area contributed by atoms with Crippen molar-refractivity contribution in [2.24, 2.45) is 16.3 Å². The number of nitrogens with zero attached hydrogens (tertiary/aromatic N) is 1. The molecule has 0 bridgehead atoms. The maximum absolute atomic E-state index is 12.2. The van der Waals surface area contributed by atoms with Crippen molar-refractivity contribution in [2.75, 3.05) is 0 Å². The lowest BCUT2D eigenvalue weighted by molar-refractivity contribution is -0.118. The molecule has 0 aromatic rings. The van der Waals surface area contributed by atoms with Crippen molar-refractivity contribution < 1.29 is 20.1 Å². The summed E-state index contributed by atoms with van der Waals surface area (Å²) in [5.74, 6) is 0.00985. The molecular weight excluding hydrogens is 246 g/mol. The number of aliphatic hydroxyl groups excluding tert-OH is 2. The molecule has 5 nitrogen and oxygen atoms in total. The van der Waals surface area contributed by atoms with Crippen LogP contribution in [-0.4, -0.2) is 33.2 Å². The molecule has 0 unspecified atom stereocenters. The standard InChI is InChI=1S/C14H23NO4/c1-8(2)5-9(15-13(18)19)12-10(16)6-14(3,4)7-11(12)17/h8,13,16,18-19H,5-7H2,1-4H3. The fourth-order valence-corrected chi connectivity index (χ4v) is 2.36. The number of carbonyl (C=O) groups is 1. The Kier molecular flexibility index (Phi) is 4.87. The number of carbonyl (C=O) groups excluding carboxylic acids is 1. The van der Waals surface area contributed by atoms with E-state index in [-0.39, 0.29) is 34.2 Å². The third-order valence-corrected chi connectivity index (χ3v) is 3.01. The van der Waals surface area contributed by atoms with E-state index in [1.807, 2.05) is 27.7 Å². The Bertz CT molecular complexity index is 419. The molecule has 0 aromatic carbocycles. The molecule has 1 aliphatic rings. The molecule has 108 valence electrons. The van der Waals surface area contributed by atoms with E-state index >= 15 is 0 Å². The predicted molar refractivity (Wildman–Crippen MR) is 72.8 cm³/mol. The van der Waals surface area contributed by atoms with Gasteiger partial charge in [0.1, 0.15) is 5.76 Å². The Morgan fingerprint density at radius 2 is 1.89 bits per heavy atom. The summed E-state index contributed by atoms with van der Waals surface area (Å²) in [6.45, 7) is 7.71. The van der Waals surface area contributed by atoms with Crippen LogP contribution in [0.1, 0.15) is 47.0 Å². The first-order chi connectivity index (χ1) is 8.62. The van der Waals surface area contributed by atoms with E-state index in [0.717, 1.165) is 0 Å². The molecule has 19 heavy (non-hydrogen) atoms. The molecule has 0 amide bonds. The fourth-order valence-electron chi connectivity index (χ4n) is 2.36. The highest BCUT2D eigenvalue weighted by Gasteiger charge is 2.35. The number of Topliss-reactive ketones (excluding diaryl/α,β-unsaturated/α-hetero) is 1. The maximum atomic E-state index is 12.2. The van der Waals surface area contributed by atoms with Gasteiger partial charge in [0.2, 0.25) is 0 Å². The van der Waals surface area contributed by atoms with Crippen molar-refractivity contribution in [2.45, 2.75) is 53.4 Å². The molecule has 0 atom stereocenters. The van der Waals surface area contributed by atoms with Gasteiger partial charge < -0.3 is 15.3 Å². The second kappa shape index (κ2) is 5.84. The molecular formula is C14H23NO4. The number of aliphatic imine (C=N–C) groups is 1. The Morgan fingerprint density at radius 1 is 1.32 bits per heavy atom. The van der Waals surface area contributed by atoms with Gasteiger partial charge in [0.25, 0.3) is 6.41 Å². The smallest absolute Gasteiger partial charge is 0.253 e. The first-order valence-corrected chi connectivity index (χ1v) is 6.51. The van der Waals surface area contributed by atoms with Crippen LogP contribution >= 0.6 is 0 Å². The minimum Gasteiger partial charge on any atom is -0.511 e. The van der Waals surface area contributed by atoms with Gasteiger partial charge in [0.05, 0.1) is 11.3 Å². The van der Waals surface area contributed by atoms with E-state index in [0.29, 0.717) is 19.3 Å². The van der Waals surface area contributed by atoms with Crippen LogP contribution in [0.5, 0.6) is 0 Å². The normalized spacial score (nSPS) is 20.6. The van der Waals surface area contributed by atoms with Gasteiger partial charge in [-0.1, -0.05) is 27.7 Å². The highest BCUT2D eigenvalue weighted by molar-refractivity contribution is 6.23. The van der Waals surface area contributed by atoms with Crippen molar-refractivity contribution >= 4 is 11.5 Å². The number of hydrogen-bond acceptors (Lipinski definition) is 5. The van der Waals surface area contributed by atoms with E-state index in [4.69, 9.17) is 10.2 Å². The van der Waals surface area contributed by atoms with Gasteiger partial charge in [-0.3, -0.25) is 4.79 Å². The Morgan fingerprint density at radius 3 is 2.32 bits per heavy atom. The van der Waals surface area contributed by atoms with Crippen LogP contribution in [0.15, 0.2) is 16.3 Å². The molecule has 5 heteroatoms.